The average Bonchev–Trinajstić information content (AvgIpc) is 3.10. The highest BCUT2D eigenvalue weighted by molar-refractivity contribution is 7.13. The first kappa shape index (κ1) is 19.1. The minimum Gasteiger partial charge on any atom is -0.355 e. The molecule has 1 fully saturated rings. The summed E-state index contributed by atoms with van der Waals surface area (Å²) in [6, 6.07) is 10.1. The Morgan fingerprint density at radius 3 is 2.69 bits per heavy atom. The number of carbonyl (C=O) groups excluding carboxylic acids is 1. The van der Waals surface area contributed by atoms with E-state index in [-0.39, 0.29) is 5.91 Å². The molecule has 0 spiro atoms. The summed E-state index contributed by atoms with van der Waals surface area (Å²) < 4.78 is 0. The second kappa shape index (κ2) is 9.28. The predicted molar refractivity (Wildman–Crippen MR) is 108 cm³/mol. The third-order valence-electron chi connectivity index (χ3n) is 4.83. The van der Waals surface area contributed by atoms with Gasteiger partial charge in [0.25, 0.3) is 0 Å². The monoisotopic (exact) mass is 371 g/mol. The molecule has 1 aliphatic heterocycles. The topological polar surface area (TPSA) is 45.2 Å². The molecule has 1 aliphatic rings. The summed E-state index contributed by atoms with van der Waals surface area (Å²) in [5.41, 5.74) is 1.97. The van der Waals surface area contributed by atoms with Crippen molar-refractivity contribution in [1.82, 2.24) is 15.2 Å². The van der Waals surface area contributed by atoms with Crippen molar-refractivity contribution in [2.45, 2.75) is 33.1 Å². The van der Waals surface area contributed by atoms with Crippen LogP contribution in [0, 0.1) is 11.8 Å². The number of thiazole rings is 1. The van der Waals surface area contributed by atoms with Crippen LogP contribution in [0.25, 0.3) is 10.6 Å². The zero-order chi connectivity index (χ0) is 18.4. The van der Waals surface area contributed by atoms with Crippen LogP contribution in [-0.4, -0.2) is 42.0 Å². The fraction of sp³-hybridized carbons (Fsp3) is 0.524. The van der Waals surface area contributed by atoms with Crippen LogP contribution in [0.15, 0.2) is 35.7 Å². The van der Waals surface area contributed by atoms with Crippen molar-refractivity contribution < 1.29 is 4.79 Å². The summed E-state index contributed by atoms with van der Waals surface area (Å²) in [7, 11) is 0. The highest BCUT2D eigenvalue weighted by Crippen LogP contribution is 2.23. The number of carbonyl (C=O) groups is 1. The van der Waals surface area contributed by atoms with Gasteiger partial charge in [-0.25, -0.2) is 4.98 Å². The van der Waals surface area contributed by atoms with E-state index in [0.717, 1.165) is 41.8 Å². The van der Waals surface area contributed by atoms with E-state index in [9.17, 15) is 4.79 Å². The highest BCUT2D eigenvalue weighted by Gasteiger charge is 2.20. The Kier molecular flexibility index (Phi) is 6.80. The second-order valence-electron chi connectivity index (χ2n) is 7.63. The molecule has 26 heavy (non-hydrogen) atoms. The minimum atomic E-state index is 0.0829. The van der Waals surface area contributed by atoms with Crippen molar-refractivity contribution >= 4 is 17.2 Å². The van der Waals surface area contributed by atoms with Gasteiger partial charge in [-0.15, -0.1) is 11.3 Å². The maximum atomic E-state index is 12.3. The summed E-state index contributed by atoms with van der Waals surface area (Å²) in [5, 5.41) is 6.08. The van der Waals surface area contributed by atoms with Gasteiger partial charge in [-0.2, -0.15) is 0 Å². The first-order chi connectivity index (χ1) is 12.6. The SMILES string of the molecule is CC(C)CN1CCC(CNC(=O)Cc2csc(-c3ccccc3)n2)CC1. The fourth-order valence-electron chi connectivity index (χ4n) is 3.48. The quantitative estimate of drug-likeness (QED) is 0.804. The molecule has 4 nitrogen and oxygen atoms in total. The molecular weight excluding hydrogens is 342 g/mol. The van der Waals surface area contributed by atoms with Crippen LogP contribution >= 0.6 is 11.3 Å². The van der Waals surface area contributed by atoms with E-state index in [1.807, 2.05) is 35.7 Å². The van der Waals surface area contributed by atoms with Gasteiger partial charge in [-0.05, 0) is 37.8 Å². The normalized spacial score (nSPS) is 16.1. The lowest BCUT2D eigenvalue weighted by Gasteiger charge is -2.33. The summed E-state index contributed by atoms with van der Waals surface area (Å²) in [5.74, 6) is 1.42. The zero-order valence-electron chi connectivity index (χ0n) is 15.8. The average molecular weight is 372 g/mol. The molecule has 2 aromatic rings. The summed E-state index contributed by atoms with van der Waals surface area (Å²) >= 11 is 1.60. The van der Waals surface area contributed by atoms with Gasteiger partial charge >= 0.3 is 0 Å². The van der Waals surface area contributed by atoms with Gasteiger partial charge in [-0.1, -0.05) is 44.2 Å². The molecule has 1 aromatic heterocycles. The molecule has 1 amide bonds. The third kappa shape index (κ3) is 5.64. The van der Waals surface area contributed by atoms with Crippen LogP contribution in [0.5, 0.6) is 0 Å². The number of aromatic nitrogens is 1. The van der Waals surface area contributed by atoms with E-state index < -0.39 is 0 Å². The standard InChI is InChI=1S/C21H29N3OS/c1-16(2)14-24-10-8-17(9-11-24)13-22-20(25)12-19-15-26-21(23-19)18-6-4-3-5-7-18/h3-7,15-17H,8-14H2,1-2H3,(H,22,25). The number of nitrogens with one attached hydrogen (secondary N) is 1. The lowest BCUT2D eigenvalue weighted by molar-refractivity contribution is -0.120. The van der Waals surface area contributed by atoms with Crippen molar-refractivity contribution in [3.63, 3.8) is 0 Å². The molecule has 1 aromatic carbocycles. The lowest BCUT2D eigenvalue weighted by atomic mass is 9.96. The van der Waals surface area contributed by atoms with Crippen LogP contribution < -0.4 is 5.32 Å². The number of hydrogen-bond acceptors (Lipinski definition) is 4. The molecule has 0 atom stereocenters. The van der Waals surface area contributed by atoms with Crippen molar-refractivity contribution in [3.05, 3.63) is 41.4 Å². The Labute approximate surface area is 160 Å². The first-order valence-electron chi connectivity index (χ1n) is 9.59. The van der Waals surface area contributed by atoms with Gasteiger partial charge in [0.05, 0.1) is 12.1 Å². The first-order valence-corrected chi connectivity index (χ1v) is 10.5. The lowest BCUT2D eigenvalue weighted by Crippen LogP contribution is -2.40. The molecule has 140 valence electrons. The van der Waals surface area contributed by atoms with Gasteiger partial charge in [0.15, 0.2) is 0 Å². The van der Waals surface area contributed by atoms with Gasteiger partial charge < -0.3 is 10.2 Å². The van der Waals surface area contributed by atoms with Gasteiger partial charge in [-0.3, -0.25) is 4.79 Å². The van der Waals surface area contributed by atoms with Gasteiger partial charge in [0.1, 0.15) is 5.01 Å². The fourth-order valence-corrected chi connectivity index (χ4v) is 4.30. The van der Waals surface area contributed by atoms with Crippen molar-refractivity contribution in [1.29, 1.82) is 0 Å². The smallest absolute Gasteiger partial charge is 0.226 e. The molecule has 2 heterocycles. The van der Waals surface area contributed by atoms with Crippen LogP contribution in [0.1, 0.15) is 32.4 Å². The molecule has 5 heteroatoms. The van der Waals surface area contributed by atoms with Crippen molar-refractivity contribution in [3.8, 4) is 10.6 Å². The number of amides is 1. The molecule has 1 N–H and O–H groups in total. The minimum absolute atomic E-state index is 0.0829. The van der Waals surface area contributed by atoms with Crippen LogP contribution in [0.4, 0.5) is 0 Å². The molecule has 0 aliphatic carbocycles. The van der Waals surface area contributed by atoms with Gasteiger partial charge in [0.2, 0.25) is 5.91 Å². The summed E-state index contributed by atoms with van der Waals surface area (Å²) in [6.45, 7) is 8.84. The Morgan fingerprint density at radius 2 is 2.00 bits per heavy atom. The Morgan fingerprint density at radius 1 is 1.27 bits per heavy atom. The Hall–Kier alpha value is -1.72. The van der Waals surface area contributed by atoms with E-state index in [1.165, 1.54) is 19.4 Å². The third-order valence-corrected chi connectivity index (χ3v) is 5.77. The summed E-state index contributed by atoms with van der Waals surface area (Å²) in [6.07, 6.45) is 2.74. The molecular formula is C21H29N3OS. The second-order valence-corrected chi connectivity index (χ2v) is 8.49. The predicted octanol–water partition coefficient (Wildman–Crippen LogP) is 3.84. The molecule has 0 radical (unpaired) electrons. The number of benzene rings is 1. The molecule has 0 unspecified atom stereocenters. The summed E-state index contributed by atoms with van der Waals surface area (Å²) in [4.78, 5) is 19.4. The van der Waals surface area contributed by atoms with E-state index in [0.29, 0.717) is 12.3 Å². The highest BCUT2D eigenvalue weighted by atomic mass is 32.1. The van der Waals surface area contributed by atoms with E-state index in [4.69, 9.17) is 0 Å². The van der Waals surface area contributed by atoms with E-state index in [1.54, 1.807) is 11.3 Å². The number of piperidine rings is 1. The molecule has 0 bridgehead atoms. The zero-order valence-corrected chi connectivity index (χ0v) is 16.6. The Balaban J connectivity index is 1.41. The van der Waals surface area contributed by atoms with Crippen molar-refractivity contribution in [2.24, 2.45) is 11.8 Å². The van der Waals surface area contributed by atoms with Crippen LogP contribution in [0.2, 0.25) is 0 Å². The van der Waals surface area contributed by atoms with Crippen LogP contribution in [-0.2, 0) is 11.2 Å². The Bertz CT molecular complexity index is 690. The van der Waals surface area contributed by atoms with Crippen LogP contribution in [0.3, 0.4) is 0 Å². The maximum absolute atomic E-state index is 12.3. The van der Waals surface area contributed by atoms with Gasteiger partial charge in [0, 0.05) is 24.0 Å². The number of rotatable bonds is 7. The molecule has 1 saturated heterocycles. The molecule has 3 rings (SSSR count). The number of hydrogen-bond donors (Lipinski definition) is 1. The largest absolute Gasteiger partial charge is 0.355 e. The maximum Gasteiger partial charge on any atom is 0.226 e. The van der Waals surface area contributed by atoms with Crippen molar-refractivity contribution in [2.75, 3.05) is 26.2 Å². The van der Waals surface area contributed by atoms with E-state index in [2.05, 4.69) is 29.0 Å². The number of nitrogens with zero attached hydrogens (tertiary/aromatic N) is 2. The van der Waals surface area contributed by atoms with E-state index >= 15 is 0 Å². The number of likely N-dealkylation sites (tertiary alicyclic amines) is 1. The molecule has 0 saturated carbocycles.